The number of carbonyl (C=O) groups excluding carboxylic acids is 2. The molecule has 1 aromatic heterocycles. The van der Waals surface area contributed by atoms with E-state index >= 15 is 0 Å². The molecule has 0 saturated carbocycles. The van der Waals surface area contributed by atoms with E-state index in [2.05, 4.69) is 15.6 Å². The molecule has 170 valence electrons. The Morgan fingerprint density at radius 1 is 0.853 bits per heavy atom. The topological polar surface area (TPSA) is 89.5 Å². The fourth-order valence-corrected chi connectivity index (χ4v) is 3.45. The van der Waals surface area contributed by atoms with Gasteiger partial charge in [0.25, 0.3) is 11.8 Å². The average Bonchev–Trinajstić information content (AvgIpc) is 2.88. The highest BCUT2D eigenvalue weighted by atomic mass is 16.5. The summed E-state index contributed by atoms with van der Waals surface area (Å²) in [5.74, 6) is 0.167. The van der Waals surface area contributed by atoms with Gasteiger partial charge in [0.2, 0.25) is 0 Å². The molecule has 0 fully saturated rings. The summed E-state index contributed by atoms with van der Waals surface area (Å²) in [6.45, 7) is 0. The van der Waals surface area contributed by atoms with Crippen LogP contribution < -0.4 is 20.1 Å². The van der Waals surface area contributed by atoms with E-state index in [4.69, 9.17) is 9.47 Å². The molecule has 1 heterocycles. The number of fused-ring (bicyclic) bond motifs is 1. The second kappa shape index (κ2) is 10.3. The number of pyridine rings is 1. The van der Waals surface area contributed by atoms with Gasteiger partial charge in [-0.2, -0.15) is 0 Å². The SMILES string of the molecule is COc1ccc(/C=C(\NC(=O)c2ccccc2)C(=O)Nc2cccc3cccnc23)cc1OC. The summed E-state index contributed by atoms with van der Waals surface area (Å²) in [6, 6.07) is 23.2. The fourth-order valence-electron chi connectivity index (χ4n) is 3.45. The number of rotatable bonds is 7. The Hall–Kier alpha value is -4.65. The molecule has 0 atom stereocenters. The highest BCUT2D eigenvalue weighted by Crippen LogP contribution is 2.28. The van der Waals surface area contributed by atoms with Crippen molar-refractivity contribution in [3.05, 3.63) is 102 Å². The van der Waals surface area contributed by atoms with E-state index in [1.165, 1.54) is 7.11 Å². The Morgan fingerprint density at radius 3 is 2.38 bits per heavy atom. The summed E-state index contributed by atoms with van der Waals surface area (Å²) in [6.07, 6.45) is 3.24. The minimum Gasteiger partial charge on any atom is -0.493 e. The van der Waals surface area contributed by atoms with Crippen LogP contribution in [0.1, 0.15) is 15.9 Å². The smallest absolute Gasteiger partial charge is 0.272 e. The number of ether oxygens (including phenoxy) is 2. The zero-order valence-electron chi connectivity index (χ0n) is 18.7. The number of methoxy groups -OCH3 is 2. The van der Waals surface area contributed by atoms with Crippen molar-refractivity contribution in [2.24, 2.45) is 0 Å². The normalized spacial score (nSPS) is 11.1. The van der Waals surface area contributed by atoms with Crippen LogP contribution in [0, 0.1) is 0 Å². The van der Waals surface area contributed by atoms with E-state index in [0.29, 0.717) is 33.8 Å². The van der Waals surface area contributed by atoms with Crippen molar-refractivity contribution in [2.45, 2.75) is 0 Å². The largest absolute Gasteiger partial charge is 0.493 e. The van der Waals surface area contributed by atoms with Crippen LogP contribution in [-0.2, 0) is 4.79 Å². The lowest BCUT2D eigenvalue weighted by atomic mass is 10.1. The monoisotopic (exact) mass is 453 g/mol. The summed E-state index contributed by atoms with van der Waals surface area (Å²) in [5, 5.41) is 6.49. The Kier molecular flexibility index (Phi) is 6.84. The van der Waals surface area contributed by atoms with Gasteiger partial charge in [-0.3, -0.25) is 14.6 Å². The van der Waals surface area contributed by atoms with E-state index in [9.17, 15) is 9.59 Å². The molecule has 2 amide bonds. The maximum absolute atomic E-state index is 13.3. The second-order valence-corrected chi connectivity index (χ2v) is 7.33. The third-order valence-electron chi connectivity index (χ3n) is 5.13. The minimum absolute atomic E-state index is 0.0639. The number of nitrogens with zero attached hydrogens (tertiary/aromatic N) is 1. The molecule has 7 nitrogen and oxygen atoms in total. The van der Waals surface area contributed by atoms with Crippen molar-refractivity contribution >= 4 is 34.5 Å². The van der Waals surface area contributed by atoms with Crippen molar-refractivity contribution in [1.82, 2.24) is 10.3 Å². The lowest BCUT2D eigenvalue weighted by Gasteiger charge is -2.13. The molecule has 7 heteroatoms. The molecule has 4 aromatic rings. The lowest BCUT2D eigenvalue weighted by molar-refractivity contribution is -0.113. The van der Waals surface area contributed by atoms with Gasteiger partial charge < -0.3 is 20.1 Å². The molecule has 0 radical (unpaired) electrons. The zero-order chi connectivity index (χ0) is 23.9. The molecule has 0 aliphatic heterocycles. The summed E-state index contributed by atoms with van der Waals surface area (Å²) in [7, 11) is 3.08. The van der Waals surface area contributed by atoms with Crippen LogP contribution >= 0.6 is 0 Å². The van der Waals surface area contributed by atoms with Crippen LogP contribution in [0.4, 0.5) is 5.69 Å². The molecule has 0 spiro atoms. The van der Waals surface area contributed by atoms with Crippen molar-refractivity contribution in [1.29, 1.82) is 0 Å². The number of benzene rings is 3. The van der Waals surface area contributed by atoms with Crippen LogP contribution in [0.15, 0.2) is 90.8 Å². The number of para-hydroxylation sites is 1. The Bertz CT molecular complexity index is 1360. The molecule has 0 bridgehead atoms. The highest BCUT2D eigenvalue weighted by Gasteiger charge is 2.17. The summed E-state index contributed by atoms with van der Waals surface area (Å²) in [5.41, 5.74) is 2.33. The van der Waals surface area contributed by atoms with Crippen molar-refractivity contribution < 1.29 is 19.1 Å². The fraction of sp³-hybridized carbons (Fsp3) is 0.0741. The second-order valence-electron chi connectivity index (χ2n) is 7.33. The van der Waals surface area contributed by atoms with E-state index in [1.54, 1.807) is 67.9 Å². The van der Waals surface area contributed by atoms with Gasteiger partial charge in [0.05, 0.1) is 25.4 Å². The average molecular weight is 453 g/mol. The van der Waals surface area contributed by atoms with Gasteiger partial charge in [-0.1, -0.05) is 42.5 Å². The van der Waals surface area contributed by atoms with Crippen molar-refractivity contribution in [3.8, 4) is 11.5 Å². The molecule has 0 aliphatic carbocycles. The summed E-state index contributed by atoms with van der Waals surface area (Å²) in [4.78, 5) is 30.6. The molecule has 4 rings (SSSR count). The van der Waals surface area contributed by atoms with Crippen LogP contribution in [0.3, 0.4) is 0 Å². The quantitative estimate of drug-likeness (QED) is 0.397. The van der Waals surface area contributed by atoms with E-state index < -0.39 is 11.8 Å². The Balaban J connectivity index is 1.70. The number of hydrogen-bond acceptors (Lipinski definition) is 5. The molecule has 2 N–H and O–H groups in total. The van der Waals surface area contributed by atoms with Gasteiger partial charge in [0.15, 0.2) is 11.5 Å². The third-order valence-corrected chi connectivity index (χ3v) is 5.13. The van der Waals surface area contributed by atoms with E-state index in [0.717, 1.165) is 5.39 Å². The zero-order valence-corrected chi connectivity index (χ0v) is 18.7. The van der Waals surface area contributed by atoms with E-state index in [-0.39, 0.29) is 5.70 Å². The van der Waals surface area contributed by atoms with E-state index in [1.807, 2.05) is 30.3 Å². The van der Waals surface area contributed by atoms with Gasteiger partial charge in [-0.25, -0.2) is 0 Å². The number of hydrogen-bond donors (Lipinski definition) is 2. The standard InChI is InChI=1S/C27H23N3O4/c1-33-23-14-13-18(17-24(23)34-2)16-22(30-26(31)20-8-4-3-5-9-20)27(32)29-21-12-6-10-19-11-7-15-28-25(19)21/h3-17H,1-2H3,(H,29,32)(H,30,31)/b22-16-. The highest BCUT2D eigenvalue weighted by molar-refractivity contribution is 6.12. The maximum atomic E-state index is 13.3. The molecule has 0 unspecified atom stereocenters. The molecule has 0 aliphatic rings. The number of carbonyl (C=O) groups is 2. The van der Waals surface area contributed by atoms with Gasteiger partial charge in [0, 0.05) is 17.1 Å². The van der Waals surface area contributed by atoms with Crippen LogP contribution in [-0.4, -0.2) is 31.0 Å². The van der Waals surface area contributed by atoms with Gasteiger partial charge in [0.1, 0.15) is 5.70 Å². The Labute approximate surface area is 197 Å². The first-order chi connectivity index (χ1) is 16.6. The number of aromatic nitrogens is 1. The molecule has 34 heavy (non-hydrogen) atoms. The number of nitrogens with one attached hydrogen (secondary N) is 2. The predicted octanol–water partition coefficient (Wildman–Crippen LogP) is 4.66. The lowest BCUT2D eigenvalue weighted by Crippen LogP contribution is -2.30. The number of amides is 2. The Morgan fingerprint density at radius 2 is 1.62 bits per heavy atom. The molecular weight excluding hydrogens is 430 g/mol. The van der Waals surface area contributed by atoms with Crippen LogP contribution in [0.2, 0.25) is 0 Å². The first-order valence-corrected chi connectivity index (χ1v) is 10.5. The molecule has 3 aromatic carbocycles. The number of anilines is 1. The van der Waals surface area contributed by atoms with Gasteiger partial charge >= 0.3 is 0 Å². The molecule has 0 saturated heterocycles. The van der Waals surface area contributed by atoms with Gasteiger partial charge in [-0.05, 0) is 48.0 Å². The van der Waals surface area contributed by atoms with Crippen molar-refractivity contribution in [2.75, 3.05) is 19.5 Å². The van der Waals surface area contributed by atoms with Crippen LogP contribution in [0.25, 0.3) is 17.0 Å². The molecular formula is C27H23N3O4. The minimum atomic E-state index is -0.489. The first-order valence-electron chi connectivity index (χ1n) is 10.5. The summed E-state index contributed by atoms with van der Waals surface area (Å²) >= 11 is 0. The van der Waals surface area contributed by atoms with Crippen molar-refractivity contribution in [3.63, 3.8) is 0 Å². The van der Waals surface area contributed by atoms with Crippen LogP contribution in [0.5, 0.6) is 11.5 Å². The van der Waals surface area contributed by atoms with Gasteiger partial charge in [-0.15, -0.1) is 0 Å². The predicted molar refractivity (Wildman–Crippen MR) is 132 cm³/mol. The summed E-state index contributed by atoms with van der Waals surface area (Å²) < 4.78 is 10.6. The maximum Gasteiger partial charge on any atom is 0.272 e. The first kappa shape index (κ1) is 22.5. The third kappa shape index (κ3) is 5.05.